The van der Waals surface area contributed by atoms with Crippen LogP contribution in [0.2, 0.25) is 0 Å². The predicted octanol–water partition coefficient (Wildman–Crippen LogP) is 3.21. The number of carbonyl (C=O) groups excluding carboxylic acids is 2. The lowest BCUT2D eigenvalue weighted by molar-refractivity contribution is -0.148. The Kier molecular flexibility index (Phi) is 7.53. The van der Waals surface area contributed by atoms with Crippen molar-refractivity contribution >= 4 is 11.9 Å². The molecule has 1 heterocycles. The van der Waals surface area contributed by atoms with Gasteiger partial charge in [-0.1, -0.05) is 32.1 Å². The van der Waals surface area contributed by atoms with Crippen molar-refractivity contribution in [1.29, 1.82) is 0 Å². The molecular formula is C18H27F2N3O3. The Morgan fingerprint density at radius 1 is 1.19 bits per heavy atom. The number of aryl methyl sites for hydroxylation is 1. The second-order valence-corrected chi connectivity index (χ2v) is 6.82. The molecule has 0 spiro atoms. The van der Waals surface area contributed by atoms with Crippen molar-refractivity contribution in [2.24, 2.45) is 0 Å². The SMILES string of the molecule is Cc1nn(C(F)F)c(C)c1CC(=O)OCC(=O)NC1CCCCCCC1. The van der Waals surface area contributed by atoms with Crippen LogP contribution < -0.4 is 5.32 Å². The molecular weight excluding hydrogens is 344 g/mol. The first-order chi connectivity index (χ1) is 12.4. The van der Waals surface area contributed by atoms with Crippen LogP contribution in [0.25, 0.3) is 0 Å². The van der Waals surface area contributed by atoms with Gasteiger partial charge in [0.05, 0.1) is 12.1 Å². The quantitative estimate of drug-likeness (QED) is 0.780. The Bertz CT molecular complexity index is 623. The number of hydrogen-bond acceptors (Lipinski definition) is 4. The van der Waals surface area contributed by atoms with E-state index in [0.29, 0.717) is 15.9 Å². The molecule has 0 aliphatic heterocycles. The minimum absolute atomic E-state index is 0.135. The van der Waals surface area contributed by atoms with Crippen LogP contribution in [0.1, 0.15) is 68.4 Å². The van der Waals surface area contributed by atoms with E-state index in [1.165, 1.54) is 26.2 Å². The normalized spacial score (nSPS) is 16.2. The van der Waals surface area contributed by atoms with Gasteiger partial charge in [0.1, 0.15) is 0 Å². The number of carbonyl (C=O) groups is 2. The van der Waals surface area contributed by atoms with E-state index in [1.807, 2.05) is 0 Å². The summed E-state index contributed by atoms with van der Waals surface area (Å²) in [6.45, 7) is -0.0597. The smallest absolute Gasteiger partial charge is 0.333 e. The minimum Gasteiger partial charge on any atom is -0.455 e. The van der Waals surface area contributed by atoms with Crippen LogP contribution in [0, 0.1) is 13.8 Å². The number of halogens is 2. The van der Waals surface area contributed by atoms with Crippen molar-refractivity contribution < 1.29 is 23.1 Å². The van der Waals surface area contributed by atoms with Gasteiger partial charge in [-0.2, -0.15) is 13.9 Å². The van der Waals surface area contributed by atoms with Gasteiger partial charge in [0.25, 0.3) is 5.91 Å². The number of rotatable bonds is 6. The maximum Gasteiger partial charge on any atom is 0.333 e. The van der Waals surface area contributed by atoms with Crippen molar-refractivity contribution in [3.8, 4) is 0 Å². The number of nitrogens with zero attached hydrogens (tertiary/aromatic N) is 2. The Hall–Kier alpha value is -1.99. The minimum atomic E-state index is -2.76. The molecule has 1 N–H and O–H groups in total. The third-order valence-electron chi connectivity index (χ3n) is 4.82. The lowest BCUT2D eigenvalue weighted by atomic mass is 9.97. The number of alkyl halides is 2. The number of nitrogens with one attached hydrogen (secondary N) is 1. The molecule has 8 heteroatoms. The van der Waals surface area contributed by atoms with E-state index >= 15 is 0 Å². The molecule has 1 fully saturated rings. The lowest BCUT2D eigenvalue weighted by Crippen LogP contribution is -2.38. The highest BCUT2D eigenvalue weighted by molar-refractivity contribution is 5.81. The first-order valence-corrected chi connectivity index (χ1v) is 9.16. The van der Waals surface area contributed by atoms with Crippen molar-refractivity contribution in [2.75, 3.05) is 6.61 Å². The van der Waals surface area contributed by atoms with Gasteiger partial charge in [-0.3, -0.25) is 9.59 Å². The van der Waals surface area contributed by atoms with E-state index in [4.69, 9.17) is 4.74 Å². The summed E-state index contributed by atoms with van der Waals surface area (Å²) in [5, 5.41) is 6.65. The fourth-order valence-electron chi connectivity index (χ4n) is 3.35. The van der Waals surface area contributed by atoms with E-state index in [2.05, 4.69) is 10.4 Å². The van der Waals surface area contributed by atoms with Crippen molar-refractivity contribution in [2.45, 2.75) is 77.8 Å². The molecule has 146 valence electrons. The summed E-state index contributed by atoms with van der Waals surface area (Å²) in [5.41, 5.74) is 1.00. The fourth-order valence-corrected chi connectivity index (χ4v) is 3.35. The Morgan fingerprint density at radius 3 is 2.38 bits per heavy atom. The molecule has 6 nitrogen and oxygen atoms in total. The van der Waals surface area contributed by atoms with Crippen molar-refractivity contribution in [1.82, 2.24) is 15.1 Å². The molecule has 1 amide bonds. The molecule has 1 saturated carbocycles. The van der Waals surface area contributed by atoms with Crippen molar-refractivity contribution in [3.63, 3.8) is 0 Å². The van der Waals surface area contributed by atoms with Crippen LogP contribution in [-0.4, -0.2) is 34.3 Å². The molecule has 1 aromatic rings. The van der Waals surface area contributed by atoms with Gasteiger partial charge < -0.3 is 10.1 Å². The highest BCUT2D eigenvalue weighted by Crippen LogP contribution is 2.20. The standard InChI is InChI=1S/C18H27F2N3O3/c1-12-15(13(2)23(22-12)18(19)20)10-17(25)26-11-16(24)21-14-8-6-4-3-5-7-9-14/h14,18H,3-11H2,1-2H3,(H,21,24). The second-order valence-electron chi connectivity index (χ2n) is 6.82. The summed E-state index contributed by atoms with van der Waals surface area (Å²) < 4.78 is 31.2. The summed E-state index contributed by atoms with van der Waals surface area (Å²) in [5.74, 6) is -0.946. The highest BCUT2D eigenvalue weighted by atomic mass is 19.3. The maximum atomic E-state index is 12.8. The monoisotopic (exact) mass is 371 g/mol. The molecule has 0 radical (unpaired) electrons. The summed E-state index contributed by atoms with van der Waals surface area (Å²) in [6, 6.07) is 0.135. The van der Waals surface area contributed by atoms with E-state index in [9.17, 15) is 18.4 Å². The topological polar surface area (TPSA) is 73.2 Å². The van der Waals surface area contributed by atoms with Gasteiger partial charge in [-0.25, -0.2) is 4.68 Å². The summed E-state index contributed by atoms with van der Waals surface area (Å²) >= 11 is 0. The van der Waals surface area contributed by atoms with Crippen LogP contribution in [0.5, 0.6) is 0 Å². The number of esters is 1. The number of ether oxygens (including phenoxy) is 1. The van der Waals surface area contributed by atoms with E-state index in [1.54, 1.807) is 6.92 Å². The van der Waals surface area contributed by atoms with E-state index in [0.717, 1.165) is 25.7 Å². The van der Waals surface area contributed by atoms with Crippen molar-refractivity contribution in [3.05, 3.63) is 17.0 Å². The maximum absolute atomic E-state index is 12.8. The zero-order valence-corrected chi connectivity index (χ0v) is 15.4. The first kappa shape index (κ1) is 20.3. The van der Waals surface area contributed by atoms with Crippen LogP contribution in [0.15, 0.2) is 0 Å². The van der Waals surface area contributed by atoms with Gasteiger partial charge in [0, 0.05) is 17.3 Å². The number of aromatic nitrogens is 2. The fraction of sp³-hybridized carbons (Fsp3) is 0.722. The van der Waals surface area contributed by atoms with Crippen LogP contribution in [0.4, 0.5) is 8.78 Å². The zero-order chi connectivity index (χ0) is 19.1. The molecule has 0 aromatic carbocycles. The molecule has 1 aromatic heterocycles. The third kappa shape index (κ3) is 5.78. The highest BCUT2D eigenvalue weighted by Gasteiger charge is 2.21. The van der Waals surface area contributed by atoms with Crippen LogP contribution in [0.3, 0.4) is 0 Å². The Balaban J connectivity index is 1.80. The predicted molar refractivity (Wildman–Crippen MR) is 91.9 cm³/mol. The largest absolute Gasteiger partial charge is 0.455 e. The number of amides is 1. The van der Waals surface area contributed by atoms with Gasteiger partial charge in [0.15, 0.2) is 6.61 Å². The first-order valence-electron chi connectivity index (χ1n) is 9.16. The summed E-state index contributed by atoms with van der Waals surface area (Å²) in [6.07, 6.45) is 7.53. The van der Waals surface area contributed by atoms with E-state index in [-0.39, 0.29) is 30.7 Å². The number of hydrogen-bond donors (Lipinski definition) is 1. The van der Waals surface area contributed by atoms with Crippen LogP contribution >= 0.6 is 0 Å². The molecule has 0 bridgehead atoms. The average molecular weight is 371 g/mol. The van der Waals surface area contributed by atoms with Gasteiger partial charge in [-0.05, 0) is 26.7 Å². The van der Waals surface area contributed by atoms with Gasteiger partial charge in [-0.15, -0.1) is 0 Å². The van der Waals surface area contributed by atoms with Crippen LogP contribution in [-0.2, 0) is 20.7 Å². The molecule has 1 aliphatic carbocycles. The zero-order valence-electron chi connectivity index (χ0n) is 15.4. The molecule has 2 rings (SSSR count). The summed E-state index contributed by atoms with van der Waals surface area (Å²) in [7, 11) is 0. The average Bonchev–Trinajstić information content (AvgIpc) is 2.83. The third-order valence-corrected chi connectivity index (χ3v) is 4.82. The molecule has 0 atom stereocenters. The molecule has 1 aliphatic rings. The van der Waals surface area contributed by atoms with Gasteiger partial charge >= 0.3 is 12.5 Å². The van der Waals surface area contributed by atoms with Gasteiger partial charge in [0.2, 0.25) is 0 Å². The molecule has 0 saturated heterocycles. The Morgan fingerprint density at radius 2 is 1.81 bits per heavy atom. The van der Waals surface area contributed by atoms with E-state index < -0.39 is 12.5 Å². The Labute approximate surface area is 152 Å². The lowest BCUT2D eigenvalue weighted by Gasteiger charge is -2.20. The second kappa shape index (κ2) is 9.64. The molecule has 0 unspecified atom stereocenters. The summed E-state index contributed by atoms with van der Waals surface area (Å²) in [4.78, 5) is 24.0. The molecule has 26 heavy (non-hydrogen) atoms.